The van der Waals surface area contributed by atoms with Crippen LogP contribution in [0.25, 0.3) is 0 Å². The summed E-state index contributed by atoms with van der Waals surface area (Å²) in [6.45, 7) is 6.59. The largest absolute Gasteiger partial charge is 0.330 e. The third-order valence-electron chi connectivity index (χ3n) is 3.50. The summed E-state index contributed by atoms with van der Waals surface area (Å²) in [7, 11) is 0. The molecule has 2 rings (SSSR count). The van der Waals surface area contributed by atoms with Crippen molar-refractivity contribution in [3.05, 3.63) is 18.2 Å². The molecule has 1 aliphatic rings. The van der Waals surface area contributed by atoms with Gasteiger partial charge in [-0.2, -0.15) is 0 Å². The highest BCUT2D eigenvalue weighted by Crippen LogP contribution is 2.40. The van der Waals surface area contributed by atoms with E-state index in [1.54, 1.807) is 0 Å². The summed E-state index contributed by atoms with van der Waals surface area (Å²) < 4.78 is 2.27. The van der Waals surface area contributed by atoms with Gasteiger partial charge in [-0.25, -0.2) is 4.98 Å². The van der Waals surface area contributed by atoms with Gasteiger partial charge in [0.05, 0.1) is 12.0 Å². The molecule has 84 valence electrons. The van der Waals surface area contributed by atoms with Crippen molar-refractivity contribution < 1.29 is 0 Å². The Morgan fingerprint density at radius 2 is 2.07 bits per heavy atom. The standard InChI is InChI=1S/C12H21N3/c1-8(2)12(13)11-6-14-7-15(11)9(3)10-4-5-10/h6-10,12H,4-5,13H2,1-3H3. The van der Waals surface area contributed by atoms with E-state index in [2.05, 4.69) is 30.3 Å². The minimum atomic E-state index is 0.105. The van der Waals surface area contributed by atoms with E-state index in [1.807, 2.05) is 12.5 Å². The molecule has 2 N–H and O–H groups in total. The molecule has 1 saturated carbocycles. The third kappa shape index (κ3) is 2.07. The predicted octanol–water partition coefficient (Wildman–Crippen LogP) is 2.51. The van der Waals surface area contributed by atoms with Crippen LogP contribution < -0.4 is 5.73 Å². The highest BCUT2D eigenvalue weighted by atomic mass is 15.1. The Kier molecular flexibility index (Phi) is 2.83. The minimum absolute atomic E-state index is 0.105. The number of rotatable bonds is 4. The lowest BCUT2D eigenvalue weighted by atomic mass is 10.0. The SMILES string of the molecule is CC(C)C(N)c1cncn1C(C)C1CC1. The van der Waals surface area contributed by atoms with Gasteiger partial charge in [0.1, 0.15) is 0 Å². The molecule has 0 spiro atoms. The molecule has 0 amide bonds. The molecule has 1 aromatic heterocycles. The maximum atomic E-state index is 6.18. The average molecular weight is 207 g/mol. The van der Waals surface area contributed by atoms with Gasteiger partial charge in [0.2, 0.25) is 0 Å². The first-order valence-corrected chi connectivity index (χ1v) is 5.88. The van der Waals surface area contributed by atoms with E-state index in [0.717, 1.165) is 5.92 Å². The fraction of sp³-hybridized carbons (Fsp3) is 0.750. The van der Waals surface area contributed by atoms with Gasteiger partial charge in [0.25, 0.3) is 0 Å². The lowest BCUT2D eigenvalue weighted by molar-refractivity contribution is 0.422. The lowest BCUT2D eigenvalue weighted by Crippen LogP contribution is -2.22. The summed E-state index contributed by atoms with van der Waals surface area (Å²) in [5.41, 5.74) is 7.37. The van der Waals surface area contributed by atoms with Crippen molar-refractivity contribution >= 4 is 0 Å². The first-order chi connectivity index (χ1) is 7.11. The Hall–Kier alpha value is -0.830. The molecule has 1 heterocycles. The van der Waals surface area contributed by atoms with Crippen LogP contribution in [-0.2, 0) is 0 Å². The van der Waals surface area contributed by atoms with Crippen LogP contribution in [-0.4, -0.2) is 9.55 Å². The highest BCUT2D eigenvalue weighted by molar-refractivity contribution is 5.08. The van der Waals surface area contributed by atoms with Crippen LogP contribution >= 0.6 is 0 Å². The summed E-state index contributed by atoms with van der Waals surface area (Å²) in [5, 5.41) is 0. The molecule has 2 unspecified atom stereocenters. The van der Waals surface area contributed by atoms with Crippen LogP contribution in [0, 0.1) is 11.8 Å². The highest BCUT2D eigenvalue weighted by Gasteiger charge is 2.30. The number of imidazole rings is 1. The molecule has 0 saturated heterocycles. The summed E-state index contributed by atoms with van der Waals surface area (Å²) in [6.07, 6.45) is 6.56. The molecular weight excluding hydrogens is 186 g/mol. The smallest absolute Gasteiger partial charge is 0.0951 e. The molecule has 1 aromatic rings. The first kappa shape index (κ1) is 10.7. The second kappa shape index (κ2) is 3.97. The zero-order valence-electron chi connectivity index (χ0n) is 9.85. The summed E-state index contributed by atoms with van der Waals surface area (Å²) in [4.78, 5) is 4.24. The summed E-state index contributed by atoms with van der Waals surface area (Å²) >= 11 is 0. The van der Waals surface area contributed by atoms with E-state index in [4.69, 9.17) is 5.73 Å². The second-order valence-electron chi connectivity index (χ2n) is 5.07. The van der Waals surface area contributed by atoms with Crippen LogP contribution in [0.15, 0.2) is 12.5 Å². The Balaban J connectivity index is 2.20. The second-order valence-corrected chi connectivity index (χ2v) is 5.07. The van der Waals surface area contributed by atoms with Crippen LogP contribution in [0.3, 0.4) is 0 Å². The molecule has 1 aliphatic carbocycles. The van der Waals surface area contributed by atoms with E-state index in [1.165, 1.54) is 18.5 Å². The van der Waals surface area contributed by atoms with E-state index >= 15 is 0 Å². The predicted molar refractivity (Wildman–Crippen MR) is 61.4 cm³/mol. The van der Waals surface area contributed by atoms with Crippen molar-refractivity contribution in [1.82, 2.24) is 9.55 Å². The number of hydrogen-bond donors (Lipinski definition) is 1. The van der Waals surface area contributed by atoms with Crippen molar-refractivity contribution in [3.8, 4) is 0 Å². The number of nitrogens with zero attached hydrogens (tertiary/aromatic N) is 2. The van der Waals surface area contributed by atoms with E-state index in [0.29, 0.717) is 12.0 Å². The van der Waals surface area contributed by atoms with E-state index < -0.39 is 0 Å². The molecule has 0 aromatic carbocycles. The fourth-order valence-corrected chi connectivity index (χ4v) is 2.06. The number of hydrogen-bond acceptors (Lipinski definition) is 2. The van der Waals surface area contributed by atoms with Gasteiger partial charge in [0.15, 0.2) is 0 Å². The van der Waals surface area contributed by atoms with Gasteiger partial charge in [0, 0.05) is 18.3 Å². The zero-order chi connectivity index (χ0) is 11.0. The normalized spacial score (nSPS) is 20.6. The van der Waals surface area contributed by atoms with Crippen molar-refractivity contribution in [1.29, 1.82) is 0 Å². The molecule has 2 atom stereocenters. The zero-order valence-corrected chi connectivity index (χ0v) is 9.85. The van der Waals surface area contributed by atoms with Gasteiger partial charge in [-0.1, -0.05) is 13.8 Å². The summed E-state index contributed by atoms with van der Waals surface area (Å²) in [6, 6.07) is 0.668. The lowest BCUT2D eigenvalue weighted by Gasteiger charge is -2.21. The van der Waals surface area contributed by atoms with Crippen molar-refractivity contribution in [2.45, 2.75) is 45.7 Å². The van der Waals surface area contributed by atoms with E-state index in [-0.39, 0.29) is 6.04 Å². The Morgan fingerprint density at radius 1 is 1.40 bits per heavy atom. The molecule has 0 radical (unpaired) electrons. The van der Waals surface area contributed by atoms with Gasteiger partial charge < -0.3 is 10.3 Å². The van der Waals surface area contributed by atoms with Crippen LogP contribution in [0.1, 0.15) is 51.4 Å². The molecule has 15 heavy (non-hydrogen) atoms. The average Bonchev–Trinajstić information content (AvgIpc) is 2.93. The molecule has 1 fully saturated rings. The topological polar surface area (TPSA) is 43.8 Å². The maximum Gasteiger partial charge on any atom is 0.0951 e. The Labute approximate surface area is 91.7 Å². The fourth-order valence-electron chi connectivity index (χ4n) is 2.06. The van der Waals surface area contributed by atoms with Crippen LogP contribution in [0.5, 0.6) is 0 Å². The quantitative estimate of drug-likeness (QED) is 0.824. The number of aromatic nitrogens is 2. The maximum absolute atomic E-state index is 6.18. The van der Waals surface area contributed by atoms with Gasteiger partial charge in [-0.15, -0.1) is 0 Å². The van der Waals surface area contributed by atoms with Crippen molar-refractivity contribution in [2.75, 3.05) is 0 Å². The van der Waals surface area contributed by atoms with Crippen LogP contribution in [0.4, 0.5) is 0 Å². The summed E-state index contributed by atoms with van der Waals surface area (Å²) in [5.74, 6) is 1.31. The van der Waals surface area contributed by atoms with Crippen LogP contribution in [0.2, 0.25) is 0 Å². The van der Waals surface area contributed by atoms with E-state index in [9.17, 15) is 0 Å². The minimum Gasteiger partial charge on any atom is -0.330 e. The molecular formula is C12H21N3. The molecule has 0 aliphatic heterocycles. The monoisotopic (exact) mass is 207 g/mol. The number of nitrogens with two attached hydrogens (primary N) is 1. The van der Waals surface area contributed by atoms with Crippen molar-refractivity contribution in [3.63, 3.8) is 0 Å². The Bertz CT molecular complexity index is 303. The van der Waals surface area contributed by atoms with Gasteiger partial charge in [-0.05, 0) is 31.6 Å². The molecule has 3 nitrogen and oxygen atoms in total. The molecule has 3 heteroatoms. The third-order valence-corrected chi connectivity index (χ3v) is 3.50. The first-order valence-electron chi connectivity index (χ1n) is 5.88. The molecule has 0 bridgehead atoms. The van der Waals surface area contributed by atoms with Gasteiger partial charge in [-0.3, -0.25) is 0 Å². The van der Waals surface area contributed by atoms with Gasteiger partial charge >= 0.3 is 0 Å². The van der Waals surface area contributed by atoms with Crippen molar-refractivity contribution in [2.24, 2.45) is 17.6 Å². The Morgan fingerprint density at radius 3 is 2.60 bits per heavy atom.